The minimum atomic E-state index is -3.69. The molecule has 0 aliphatic carbocycles. The maximum absolute atomic E-state index is 12.9. The van der Waals surface area contributed by atoms with Crippen LogP contribution >= 0.6 is 0 Å². The first-order valence-corrected chi connectivity index (χ1v) is 11.6. The zero-order valence-electron chi connectivity index (χ0n) is 17.3. The van der Waals surface area contributed by atoms with E-state index < -0.39 is 10.0 Å². The van der Waals surface area contributed by atoms with E-state index in [1.807, 2.05) is 4.90 Å². The van der Waals surface area contributed by atoms with E-state index in [0.717, 1.165) is 18.8 Å². The Hall–Kier alpha value is -3.10. The average molecular weight is 440 g/mol. The highest BCUT2D eigenvalue weighted by Crippen LogP contribution is 2.19. The lowest BCUT2D eigenvalue weighted by atomic mass is 10.1. The number of carbonyl (C=O) groups is 1. The van der Waals surface area contributed by atoms with E-state index in [4.69, 9.17) is 4.42 Å². The Morgan fingerprint density at radius 3 is 2.26 bits per heavy atom. The van der Waals surface area contributed by atoms with Crippen LogP contribution in [0.25, 0.3) is 0 Å². The van der Waals surface area contributed by atoms with Crippen molar-refractivity contribution in [3.63, 3.8) is 0 Å². The fourth-order valence-corrected chi connectivity index (χ4v) is 4.54. The number of amides is 1. The Bertz CT molecular complexity index is 1120. The first kappa shape index (κ1) is 21.1. The number of nitrogens with zero attached hydrogens (tertiary/aromatic N) is 2. The van der Waals surface area contributed by atoms with Crippen LogP contribution in [-0.2, 0) is 16.6 Å². The molecule has 0 spiro atoms. The van der Waals surface area contributed by atoms with Crippen LogP contribution in [0.4, 0.5) is 5.69 Å². The van der Waals surface area contributed by atoms with Gasteiger partial charge in [-0.25, -0.2) is 13.1 Å². The Morgan fingerprint density at radius 1 is 0.968 bits per heavy atom. The largest absolute Gasteiger partial charge is 0.468 e. The molecule has 2 heterocycles. The van der Waals surface area contributed by atoms with Crippen LogP contribution in [0.2, 0.25) is 0 Å². The number of carbonyl (C=O) groups excluding carboxylic acids is 1. The average Bonchev–Trinajstić information content (AvgIpc) is 3.32. The quantitative estimate of drug-likeness (QED) is 0.638. The molecule has 0 unspecified atom stereocenters. The number of sulfonamides is 1. The van der Waals surface area contributed by atoms with Crippen molar-refractivity contribution in [2.45, 2.75) is 18.4 Å². The molecular weight excluding hydrogens is 414 g/mol. The molecule has 1 N–H and O–H groups in total. The smallest absolute Gasteiger partial charge is 0.253 e. The minimum Gasteiger partial charge on any atom is -0.468 e. The molecule has 0 radical (unpaired) electrons. The molecule has 162 valence electrons. The van der Waals surface area contributed by atoms with Gasteiger partial charge in [-0.05, 0) is 55.5 Å². The number of aryl methyl sites for hydroxylation is 1. The summed E-state index contributed by atoms with van der Waals surface area (Å²) in [6, 6.07) is 17.8. The first-order chi connectivity index (χ1) is 14.9. The fourth-order valence-electron chi connectivity index (χ4n) is 3.55. The monoisotopic (exact) mass is 439 g/mol. The van der Waals surface area contributed by atoms with Crippen LogP contribution in [0, 0.1) is 6.92 Å². The van der Waals surface area contributed by atoms with Gasteiger partial charge in [0, 0.05) is 37.4 Å². The van der Waals surface area contributed by atoms with Crippen LogP contribution in [-0.4, -0.2) is 45.4 Å². The molecule has 7 nitrogen and oxygen atoms in total. The van der Waals surface area contributed by atoms with E-state index in [2.05, 4.69) is 40.8 Å². The number of hydrogen-bond donors (Lipinski definition) is 1. The first-order valence-electron chi connectivity index (χ1n) is 10.2. The van der Waals surface area contributed by atoms with E-state index in [0.29, 0.717) is 24.4 Å². The predicted octanol–water partition coefficient (Wildman–Crippen LogP) is 3.03. The molecule has 1 amide bonds. The Morgan fingerprint density at radius 2 is 1.65 bits per heavy atom. The molecule has 0 atom stereocenters. The Labute approximate surface area is 182 Å². The van der Waals surface area contributed by atoms with Gasteiger partial charge in [-0.1, -0.05) is 17.7 Å². The van der Waals surface area contributed by atoms with Crippen LogP contribution in [0.3, 0.4) is 0 Å². The molecule has 2 aromatic carbocycles. The number of nitrogens with one attached hydrogen (secondary N) is 1. The van der Waals surface area contributed by atoms with Crippen molar-refractivity contribution in [1.29, 1.82) is 0 Å². The zero-order chi connectivity index (χ0) is 21.8. The van der Waals surface area contributed by atoms with Gasteiger partial charge < -0.3 is 14.2 Å². The standard InChI is InChI=1S/C23H25N3O4S/c1-18-4-8-20(9-5-18)25-12-14-26(15-13-25)23(27)19-6-10-22(11-7-19)31(28,29)24-17-21-3-2-16-30-21/h2-11,16,24H,12-15,17H2,1H3. The van der Waals surface area contributed by atoms with E-state index in [1.54, 1.807) is 24.3 Å². The molecule has 1 saturated heterocycles. The summed E-state index contributed by atoms with van der Waals surface area (Å²) in [6.45, 7) is 4.90. The maximum atomic E-state index is 12.9. The zero-order valence-corrected chi connectivity index (χ0v) is 18.1. The minimum absolute atomic E-state index is 0.0707. The second-order valence-electron chi connectivity index (χ2n) is 7.54. The van der Waals surface area contributed by atoms with Gasteiger partial charge in [0.1, 0.15) is 5.76 Å². The summed E-state index contributed by atoms with van der Waals surface area (Å²) < 4.78 is 32.5. The molecule has 0 saturated carbocycles. The van der Waals surface area contributed by atoms with E-state index in [9.17, 15) is 13.2 Å². The number of benzene rings is 2. The number of piperazine rings is 1. The number of rotatable bonds is 6. The molecule has 0 bridgehead atoms. The van der Waals surface area contributed by atoms with Gasteiger partial charge >= 0.3 is 0 Å². The van der Waals surface area contributed by atoms with Gasteiger partial charge in [0.15, 0.2) is 0 Å². The summed E-state index contributed by atoms with van der Waals surface area (Å²) >= 11 is 0. The van der Waals surface area contributed by atoms with Gasteiger partial charge in [0.25, 0.3) is 5.91 Å². The lowest BCUT2D eigenvalue weighted by Gasteiger charge is -2.36. The third-order valence-corrected chi connectivity index (χ3v) is 6.81. The van der Waals surface area contributed by atoms with Crippen LogP contribution in [0.5, 0.6) is 0 Å². The highest BCUT2D eigenvalue weighted by atomic mass is 32.2. The molecule has 1 fully saturated rings. The van der Waals surface area contributed by atoms with Crippen molar-refractivity contribution in [2.24, 2.45) is 0 Å². The second-order valence-corrected chi connectivity index (χ2v) is 9.31. The third-order valence-electron chi connectivity index (χ3n) is 5.39. The van der Waals surface area contributed by atoms with E-state index in [1.165, 1.54) is 24.0 Å². The summed E-state index contributed by atoms with van der Waals surface area (Å²) in [6.07, 6.45) is 1.49. The Balaban J connectivity index is 1.35. The molecule has 31 heavy (non-hydrogen) atoms. The topological polar surface area (TPSA) is 82.9 Å². The van der Waals surface area contributed by atoms with Gasteiger partial charge in [-0.15, -0.1) is 0 Å². The highest BCUT2D eigenvalue weighted by molar-refractivity contribution is 7.89. The SMILES string of the molecule is Cc1ccc(N2CCN(C(=O)c3ccc(S(=O)(=O)NCc4ccco4)cc3)CC2)cc1. The molecular formula is C23H25N3O4S. The van der Waals surface area contributed by atoms with E-state index >= 15 is 0 Å². The second kappa shape index (κ2) is 8.95. The van der Waals surface area contributed by atoms with Gasteiger partial charge in [0.2, 0.25) is 10.0 Å². The summed E-state index contributed by atoms with van der Waals surface area (Å²) in [5, 5.41) is 0. The van der Waals surface area contributed by atoms with Crippen molar-refractivity contribution >= 4 is 21.6 Å². The Kier molecular flexibility index (Phi) is 6.11. The predicted molar refractivity (Wildman–Crippen MR) is 118 cm³/mol. The molecule has 4 rings (SSSR count). The summed E-state index contributed by atoms with van der Waals surface area (Å²) in [5.41, 5.74) is 2.86. The fraction of sp³-hybridized carbons (Fsp3) is 0.261. The van der Waals surface area contributed by atoms with Crippen molar-refractivity contribution in [3.05, 3.63) is 83.8 Å². The molecule has 1 aliphatic rings. The molecule has 3 aromatic rings. The van der Waals surface area contributed by atoms with Gasteiger partial charge in [-0.3, -0.25) is 4.79 Å². The van der Waals surface area contributed by atoms with Crippen LogP contribution in [0.15, 0.2) is 76.2 Å². The van der Waals surface area contributed by atoms with Crippen LogP contribution in [0.1, 0.15) is 21.7 Å². The third kappa shape index (κ3) is 4.98. The number of hydrogen-bond acceptors (Lipinski definition) is 5. The van der Waals surface area contributed by atoms with Gasteiger partial charge in [-0.2, -0.15) is 0 Å². The molecule has 1 aromatic heterocycles. The maximum Gasteiger partial charge on any atom is 0.253 e. The lowest BCUT2D eigenvalue weighted by molar-refractivity contribution is 0.0746. The number of anilines is 1. The summed E-state index contributed by atoms with van der Waals surface area (Å²) in [5.74, 6) is 0.441. The number of furan rings is 1. The van der Waals surface area contributed by atoms with E-state index in [-0.39, 0.29) is 17.3 Å². The van der Waals surface area contributed by atoms with Crippen LogP contribution < -0.4 is 9.62 Å². The van der Waals surface area contributed by atoms with Gasteiger partial charge in [0.05, 0.1) is 17.7 Å². The lowest BCUT2D eigenvalue weighted by Crippen LogP contribution is -2.48. The normalized spacial score (nSPS) is 14.6. The molecule has 1 aliphatic heterocycles. The summed E-state index contributed by atoms with van der Waals surface area (Å²) in [7, 11) is -3.69. The highest BCUT2D eigenvalue weighted by Gasteiger charge is 2.23. The van der Waals surface area contributed by atoms with Crippen molar-refractivity contribution < 1.29 is 17.6 Å². The molecule has 8 heteroatoms. The van der Waals surface area contributed by atoms with Crippen molar-refractivity contribution in [2.75, 3.05) is 31.1 Å². The van der Waals surface area contributed by atoms with Crippen molar-refractivity contribution in [3.8, 4) is 0 Å². The van der Waals surface area contributed by atoms with Crippen molar-refractivity contribution in [1.82, 2.24) is 9.62 Å². The summed E-state index contributed by atoms with van der Waals surface area (Å²) in [4.78, 5) is 17.0.